The number of pyridine rings is 1. The molecule has 2 aromatic heterocycles. The SMILES string of the molecule is O=C(CCCOc1ccc(Cl)cc1Cl)NCCCc1nc(-c2ccncc2)cs1. The highest BCUT2D eigenvalue weighted by Crippen LogP contribution is 2.27. The first-order chi connectivity index (χ1) is 14.1. The molecule has 29 heavy (non-hydrogen) atoms. The van der Waals surface area contributed by atoms with Crippen molar-refractivity contribution in [2.45, 2.75) is 25.7 Å². The van der Waals surface area contributed by atoms with E-state index in [1.807, 2.05) is 12.1 Å². The van der Waals surface area contributed by atoms with Crippen LogP contribution in [0.4, 0.5) is 0 Å². The number of aromatic nitrogens is 2. The van der Waals surface area contributed by atoms with Crippen LogP contribution in [0.15, 0.2) is 48.1 Å². The van der Waals surface area contributed by atoms with Crippen LogP contribution in [-0.2, 0) is 11.2 Å². The molecule has 0 atom stereocenters. The highest BCUT2D eigenvalue weighted by atomic mass is 35.5. The summed E-state index contributed by atoms with van der Waals surface area (Å²) in [6.07, 6.45) is 6.25. The molecule has 3 aromatic rings. The van der Waals surface area contributed by atoms with Gasteiger partial charge in [0, 0.05) is 47.7 Å². The quantitative estimate of drug-likeness (QED) is 0.419. The second-order valence-corrected chi connectivity index (χ2v) is 8.13. The van der Waals surface area contributed by atoms with Crippen LogP contribution in [0.1, 0.15) is 24.3 Å². The number of hydrogen-bond donors (Lipinski definition) is 1. The van der Waals surface area contributed by atoms with Crippen molar-refractivity contribution in [1.29, 1.82) is 0 Å². The average molecular weight is 450 g/mol. The molecule has 0 radical (unpaired) electrons. The molecule has 0 unspecified atom stereocenters. The molecule has 1 N–H and O–H groups in total. The predicted octanol–water partition coefficient (Wildman–Crippen LogP) is 5.42. The molecule has 0 bridgehead atoms. The summed E-state index contributed by atoms with van der Waals surface area (Å²) in [6, 6.07) is 8.97. The van der Waals surface area contributed by atoms with E-state index in [0.717, 1.165) is 29.1 Å². The lowest BCUT2D eigenvalue weighted by Crippen LogP contribution is -2.24. The highest BCUT2D eigenvalue weighted by molar-refractivity contribution is 7.09. The van der Waals surface area contributed by atoms with Gasteiger partial charge in [0.15, 0.2) is 0 Å². The largest absolute Gasteiger partial charge is 0.492 e. The van der Waals surface area contributed by atoms with Crippen LogP contribution in [0.2, 0.25) is 10.0 Å². The number of hydrogen-bond acceptors (Lipinski definition) is 5. The predicted molar refractivity (Wildman–Crippen MR) is 118 cm³/mol. The lowest BCUT2D eigenvalue weighted by molar-refractivity contribution is -0.121. The zero-order chi connectivity index (χ0) is 20.5. The van der Waals surface area contributed by atoms with Crippen molar-refractivity contribution in [3.63, 3.8) is 0 Å². The minimum atomic E-state index is 0.0208. The number of nitrogens with zero attached hydrogens (tertiary/aromatic N) is 2. The van der Waals surface area contributed by atoms with Crippen molar-refractivity contribution < 1.29 is 9.53 Å². The van der Waals surface area contributed by atoms with E-state index < -0.39 is 0 Å². The molecule has 0 saturated carbocycles. The van der Waals surface area contributed by atoms with Crippen LogP contribution >= 0.6 is 34.5 Å². The third kappa shape index (κ3) is 6.99. The van der Waals surface area contributed by atoms with E-state index >= 15 is 0 Å². The number of aryl methyl sites for hydroxylation is 1. The van der Waals surface area contributed by atoms with Crippen molar-refractivity contribution in [2.24, 2.45) is 0 Å². The van der Waals surface area contributed by atoms with Gasteiger partial charge in [0.1, 0.15) is 5.75 Å². The Morgan fingerprint density at radius 3 is 2.76 bits per heavy atom. The van der Waals surface area contributed by atoms with Crippen molar-refractivity contribution >= 4 is 40.4 Å². The summed E-state index contributed by atoms with van der Waals surface area (Å²) in [5.41, 5.74) is 2.04. The number of halogens is 2. The third-order valence-corrected chi connectivity index (χ3v) is 5.56. The van der Waals surface area contributed by atoms with E-state index in [4.69, 9.17) is 27.9 Å². The van der Waals surface area contributed by atoms with Gasteiger partial charge in [-0.25, -0.2) is 4.98 Å². The van der Waals surface area contributed by atoms with E-state index in [1.54, 1.807) is 41.9 Å². The number of nitrogens with one attached hydrogen (secondary N) is 1. The van der Waals surface area contributed by atoms with Gasteiger partial charge in [-0.15, -0.1) is 11.3 Å². The molecular weight excluding hydrogens is 429 g/mol. The van der Waals surface area contributed by atoms with E-state index in [2.05, 4.69) is 20.7 Å². The van der Waals surface area contributed by atoms with Crippen LogP contribution in [0, 0.1) is 0 Å². The summed E-state index contributed by atoms with van der Waals surface area (Å²) in [4.78, 5) is 20.6. The van der Waals surface area contributed by atoms with E-state index in [0.29, 0.717) is 41.8 Å². The fourth-order valence-electron chi connectivity index (χ4n) is 2.64. The summed E-state index contributed by atoms with van der Waals surface area (Å²) in [5, 5.41) is 7.09. The molecule has 0 aliphatic heterocycles. The van der Waals surface area contributed by atoms with Gasteiger partial charge >= 0.3 is 0 Å². The van der Waals surface area contributed by atoms with Crippen LogP contribution in [0.25, 0.3) is 11.3 Å². The van der Waals surface area contributed by atoms with Crippen LogP contribution in [-0.4, -0.2) is 29.0 Å². The Hall–Kier alpha value is -2.15. The lowest BCUT2D eigenvalue weighted by atomic mass is 10.2. The minimum absolute atomic E-state index is 0.0208. The van der Waals surface area contributed by atoms with Crippen LogP contribution in [0.3, 0.4) is 0 Å². The van der Waals surface area contributed by atoms with Gasteiger partial charge in [0.2, 0.25) is 5.91 Å². The molecule has 0 aliphatic rings. The third-order valence-electron chi connectivity index (χ3n) is 4.12. The molecule has 0 fully saturated rings. The van der Waals surface area contributed by atoms with E-state index in [-0.39, 0.29) is 5.91 Å². The Balaban J connectivity index is 1.29. The van der Waals surface area contributed by atoms with Gasteiger partial charge in [0.25, 0.3) is 0 Å². The molecule has 1 amide bonds. The minimum Gasteiger partial charge on any atom is -0.492 e. The molecule has 152 valence electrons. The molecule has 0 aliphatic carbocycles. The maximum atomic E-state index is 11.9. The molecule has 3 rings (SSSR count). The molecule has 8 heteroatoms. The topological polar surface area (TPSA) is 64.1 Å². The Morgan fingerprint density at radius 2 is 1.97 bits per heavy atom. The normalized spacial score (nSPS) is 10.7. The van der Waals surface area contributed by atoms with Crippen molar-refractivity contribution in [3.8, 4) is 17.0 Å². The first kappa shape index (κ1) is 21.6. The molecule has 1 aromatic carbocycles. The smallest absolute Gasteiger partial charge is 0.220 e. The van der Waals surface area contributed by atoms with Crippen LogP contribution in [0.5, 0.6) is 5.75 Å². The monoisotopic (exact) mass is 449 g/mol. The van der Waals surface area contributed by atoms with Gasteiger partial charge in [-0.05, 0) is 43.2 Å². The molecule has 0 spiro atoms. The number of amides is 1. The fraction of sp³-hybridized carbons (Fsp3) is 0.286. The summed E-state index contributed by atoms with van der Waals surface area (Å²) in [7, 11) is 0. The second kappa shape index (κ2) is 11.1. The zero-order valence-corrected chi connectivity index (χ0v) is 18.1. The Bertz CT molecular complexity index is 935. The van der Waals surface area contributed by atoms with Gasteiger partial charge in [0.05, 0.1) is 22.3 Å². The maximum Gasteiger partial charge on any atom is 0.220 e. The van der Waals surface area contributed by atoms with Gasteiger partial charge in [-0.3, -0.25) is 9.78 Å². The average Bonchev–Trinajstić information content (AvgIpc) is 3.19. The zero-order valence-electron chi connectivity index (χ0n) is 15.7. The molecule has 0 saturated heterocycles. The number of ether oxygens (including phenoxy) is 1. The summed E-state index contributed by atoms with van der Waals surface area (Å²) in [5.74, 6) is 0.596. The fourth-order valence-corrected chi connectivity index (χ4v) is 3.96. The standard InChI is InChI=1S/C21H21Cl2N3O2S/c22-16-5-6-19(17(23)13-16)28-12-2-3-20(27)25-9-1-4-21-26-18(14-29-21)15-7-10-24-11-8-15/h5-8,10-11,13-14H,1-4,9,12H2,(H,25,27). The van der Waals surface area contributed by atoms with Crippen molar-refractivity contribution in [1.82, 2.24) is 15.3 Å². The Kier molecular flexibility index (Phi) is 8.28. The number of carbonyl (C=O) groups excluding carboxylic acids is 1. The highest BCUT2D eigenvalue weighted by Gasteiger charge is 2.06. The summed E-state index contributed by atoms with van der Waals surface area (Å²) in [6.45, 7) is 1.05. The summed E-state index contributed by atoms with van der Waals surface area (Å²) >= 11 is 13.5. The molecule has 2 heterocycles. The second-order valence-electron chi connectivity index (χ2n) is 6.34. The first-order valence-electron chi connectivity index (χ1n) is 9.31. The molecular formula is C21H21Cl2N3O2S. The first-order valence-corrected chi connectivity index (χ1v) is 10.9. The van der Waals surface area contributed by atoms with Gasteiger partial charge in [-0.1, -0.05) is 23.2 Å². The van der Waals surface area contributed by atoms with Crippen LogP contribution < -0.4 is 10.1 Å². The number of thiazole rings is 1. The Labute approximate surface area is 184 Å². The Morgan fingerprint density at radius 1 is 1.14 bits per heavy atom. The lowest BCUT2D eigenvalue weighted by Gasteiger charge is -2.08. The van der Waals surface area contributed by atoms with Gasteiger partial charge in [-0.2, -0.15) is 0 Å². The number of benzene rings is 1. The number of rotatable bonds is 10. The van der Waals surface area contributed by atoms with Crippen molar-refractivity contribution in [3.05, 3.63) is 63.2 Å². The maximum absolute atomic E-state index is 11.9. The van der Waals surface area contributed by atoms with E-state index in [9.17, 15) is 4.79 Å². The summed E-state index contributed by atoms with van der Waals surface area (Å²) < 4.78 is 5.58. The number of carbonyl (C=O) groups is 1. The molecule has 5 nitrogen and oxygen atoms in total. The van der Waals surface area contributed by atoms with Gasteiger partial charge < -0.3 is 10.1 Å². The van der Waals surface area contributed by atoms with Crippen molar-refractivity contribution in [2.75, 3.05) is 13.2 Å². The van der Waals surface area contributed by atoms with E-state index in [1.165, 1.54) is 0 Å².